The second-order valence-electron chi connectivity index (χ2n) is 3.91. The molecule has 0 spiro atoms. The minimum atomic E-state index is -0.418. The number of nitrogens with one attached hydrogen (secondary N) is 1. The lowest BCUT2D eigenvalue weighted by atomic mass is 10.3. The summed E-state index contributed by atoms with van der Waals surface area (Å²) >= 11 is 11.7. The Bertz CT molecular complexity index is 648. The van der Waals surface area contributed by atoms with Gasteiger partial charge in [0.2, 0.25) is 0 Å². The monoisotopic (exact) mass is 323 g/mol. The maximum Gasteiger partial charge on any atom is 0.277 e. The van der Waals surface area contributed by atoms with Gasteiger partial charge in [-0.3, -0.25) is 9.78 Å². The zero-order chi connectivity index (χ0) is 15.1. The van der Waals surface area contributed by atoms with E-state index in [0.717, 1.165) is 0 Å². The minimum Gasteiger partial charge on any atom is -0.482 e. The Kier molecular flexibility index (Phi) is 5.54. The number of benzene rings is 1. The van der Waals surface area contributed by atoms with Crippen LogP contribution in [0.25, 0.3) is 0 Å². The molecule has 1 aromatic carbocycles. The number of aromatic nitrogens is 1. The van der Waals surface area contributed by atoms with Gasteiger partial charge in [-0.2, -0.15) is 5.10 Å². The van der Waals surface area contributed by atoms with Crippen LogP contribution >= 0.6 is 23.2 Å². The second-order valence-corrected chi connectivity index (χ2v) is 4.75. The van der Waals surface area contributed by atoms with E-state index in [2.05, 4.69) is 15.5 Å². The number of amides is 1. The van der Waals surface area contributed by atoms with Crippen LogP contribution in [0.2, 0.25) is 10.0 Å². The molecule has 1 amide bonds. The maximum absolute atomic E-state index is 11.6. The molecule has 2 rings (SSSR count). The molecule has 0 unspecified atom stereocenters. The topological polar surface area (TPSA) is 63.6 Å². The number of carbonyl (C=O) groups excluding carboxylic acids is 1. The lowest BCUT2D eigenvalue weighted by Gasteiger charge is -2.07. The van der Waals surface area contributed by atoms with Crippen molar-refractivity contribution in [2.75, 3.05) is 6.61 Å². The average Bonchev–Trinajstić information content (AvgIpc) is 2.49. The van der Waals surface area contributed by atoms with Crippen LogP contribution in [0.4, 0.5) is 0 Å². The van der Waals surface area contributed by atoms with Gasteiger partial charge in [-0.25, -0.2) is 5.43 Å². The van der Waals surface area contributed by atoms with Crippen molar-refractivity contribution in [1.29, 1.82) is 0 Å². The largest absolute Gasteiger partial charge is 0.482 e. The van der Waals surface area contributed by atoms with Gasteiger partial charge in [-0.1, -0.05) is 29.3 Å². The van der Waals surface area contributed by atoms with Crippen molar-refractivity contribution in [2.45, 2.75) is 0 Å². The lowest BCUT2D eigenvalue weighted by molar-refractivity contribution is -0.123. The Labute approximate surface area is 131 Å². The van der Waals surface area contributed by atoms with Gasteiger partial charge in [0.1, 0.15) is 5.75 Å². The zero-order valence-electron chi connectivity index (χ0n) is 10.8. The average molecular weight is 324 g/mol. The highest BCUT2D eigenvalue weighted by atomic mass is 35.5. The standard InChI is InChI=1S/C14H11Cl2N3O2/c15-10-4-5-12(16)13(7-10)21-9-14(20)19-18-8-11-3-1-2-6-17-11/h1-8H,9H2,(H,19,20)/b18-8+. The second kappa shape index (κ2) is 7.61. The summed E-state index contributed by atoms with van der Waals surface area (Å²) in [6.45, 7) is -0.223. The van der Waals surface area contributed by atoms with Crippen LogP contribution in [0, 0.1) is 0 Å². The third-order valence-electron chi connectivity index (χ3n) is 2.33. The summed E-state index contributed by atoms with van der Waals surface area (Å²) in [7, 11) is 0. The Morgan fingerprint density at radius 2 is 2.19 bits per heavy atom. The molecule has 0 bridgehead atoms. The minimum absolute atomic E-state index is 0.223. The van der Waals surface area contributed by atoms with E-state index in [1.54, 1.807) is 30.5 Å². The summed E-state index contributed by atoms with van der Waals surface area (Å²) in [4.78, 5) is 15.6. The van der Waals surface area contributed by atoms with Gasteiger partial charge in [0.25, 0.3) is 5.91 Å². The zero-order valence-corrected chi connectivity index (χ0v) is 12.3. The molecular formula is C14H11Cl2N3O2. The fourth-order valence-electron chi connectivity index (χ4n) is 1.39. The molecule has 108 valence electrons. The molecule has 0 saturated heterocycles. The molecule has 1 N–H and O–H groups in total. The molecule has 0 radical (unpaired) electrons. The molecule has 0 aliphatic rings. The van der Waals surface area contributed by atoms with Crippen molar-refractivity contribution in [1.82, 2.24) is 10.4 Å². The third kappa shape index (κ3) is 5.06. The third-order valence-corrected chi connectivity index (χ3v) is 2.87. The van der Waals surface area contributed by atoms with Crippen molar-refractivity contribution < 1.29 is 9.53 Å². The van der Waals surface area contributed by atoms with Crippen molar-refractivity contribution in [3.05, 3.63) is 58.3 Å². The van der Waals surface area contributed by atoms with E-state index in [1.165, 1.54) is 12.3 Å². The number of halogens is 2. The Morgan fingerprint density at radius 3 is 2.95 bits per heavy atom. The number of hydrogen-bond acceptors (Lipinski definition) is 4. The molecule has 0 aliphatic heterocycles. The molecule has 1 aromatic heterocycles. The van der Waals surface area contributed by atoms with Crippen LogP contribution < -0.4 is 10.2 Å². The highest BCUT2D eigenvalue weighted by Crippen LogP contribution is 2.27. The van der Waals surface area contributed by atoms with E-state index < -0.39 is 5.91 Å². The van der Waals surface area contributed by atoms with Gasteiger partial charge in [-0.05, 0) is 24.3 Å². The summed E-state index contributed by atoms with van der Waals surface area (Å²) in [6, 6.07) is 10.1. The predicted molar refractivity (Wildman–Crippen MR) is 81.9 cm³/mol. The summed E-state index contributed by atoms with van der Waals surface area (Å²) < 4.78 is 5.26. The molecular weight excluding hydrogens is 313 g/mol. The first-order valence-corrected chi connectivity index (χ1v) is 6.71. The highest BCUT2D eigenvalue weighted by molar-refractivity contribution is 6.34. The fourth-order valence-corrected chi connectivity index (χ4v) is 1.72. The van der Waals surface area contributed by atoms with Gasteiger partial charge < -0.3 is 4.74 Å². The van der Waals surface area contributed by atoms with Crippen LogP contribution in [-0.4, -0.2) is 23.7 Å². The highest BCUT2D eigenvalue weighted by Gasteiger charge is 2.05. The number of ether oxygens (including phenoxy) is 1. The number of nitrogens with zero attached hydrogens (tertiary/aromatic N) is 2. The van der Waals surface area contributed by atoms with Crippen LogP contribution in [0.3, 0.4) is 0 Å². The fraction of sp³-hybridized carbons (Fsp3) is 0.0714. The van der Waals surface area contributed by atoms with Gasteiger partial charge in [-0.15, -0.1) is 0 Å². The number of hydrazone groups is 1. The molecule has 7 heteroatoms. The SMILES string of the molecule is O=C(COc1cc(Cl)ccc1Cl)N/N=C/c1ccccn1. The van der Waals surface area contributed by atoms with Crippen molar-refractivity contribution in [3.8, 4) is 5.75 Å². The molecule has 0 aliphatic carbocycles. The number of carbonyl (C=O) groups is 1. The summed E-state index contributed by atoms with van der Waals surface area (Å²) in [5, 5.41) is 4.62. The van der Waals surface area contributed by atoms with E-state index in [9.17, 15) is 4.79 Å². The van der Waals surface area contributed by atoms with Crippen molar-refractivity contribution in [3.63, 3.8) is 0 Å². The number of hydrogen-bond donors (Lipinski definition) is 1. The normalized spacial score (nSPS) is 10.6. The quantitative estimate of drug-likeness (QED) is 0.679. The molecule has 21 heavy (non-hydrogen) atoms. The summed E-state index contributed by atoms with van der Waals surface area (Å²) in [5.74, 6) is -0.0776. The Balaban J connectivity index is 1.82. The van der Waals surface area contributed by atoms with Crippen LogP contribution in [0.5, 0.6) is 5.75 Å². The smallest absolute Gasteiger partial charge is 0.277 e. The molecule has 1 heterocycles. The van der Waals surface area contributed by atoms with Gasteiger partial charge >= 0.3 is 0 Å². The van der Waals surface area contributed by atoms with E-state index in [1.807, 2.05) is 6.07 Å². The van der Waals surface area contributed by atoms with Crippen molar-refractivity contribution >= 4 is 35.3 Å². The first-order valence-electron chi connectivity index (χ1n) is 5.96. The first kappa shape index (κ1) is 15.3. The van der Waals surface area contributed by atoms with Gasteiger partial charge in [0.15, 0.2) is 6.61 Å². The molecule has 2 aromatic rings. The predicted octanol–water partition coefficient (Wildman–Crippen LogP) is 2.92. The summed E-state index contributed by atoms with van der Waals surface area (Å²) in [5.41, 5.74) is 2.96. The van der Waals surface area contributed by atoms with Gasteiger partial charge in [0, 0.05) is 17.3 Å². The van der Waals surface area contributed by atoms with E-state index in [0.29, 0.717) is 21.5 Å². The first-order chi connectivity index (χ1) is 10.1. The van der Waals surface area contributed by atoms with Gasteiger partial charge in [0.05, 0.1) is 16.9 Å². The lowest BCUT2D eigenvalue weighted by Crippen LogP contribution is -2.24. The number of rotatable bonds is 5. The molecule has 0 atom stereocenters. The molecule has 0 fully saturated rings. The van der Waals surface area contributed by atoms with Crippen LogP contribution in [-0.2, 0) is 4.79 Å². The molecule has 0 saturated carbocycles. The van der Waals surface area contributed by atoms with E-state index in [4.69, 9.17) is 27.9 Å². The van der Waals surface area contributed by atoms with Crippen LogP contribution in [0.1, 0.15) is 5.69 Å². The van der Waals surface area contributed by atoms with Crippen molar-refractivity contribution in [2.24, 2.45) is 5.10 Å². The van der Waals surface area contributed by atoms with Crippen LogP contribution in [0.15, 0.2) is 47.7 Å². The number of pyridine rings is 1. The molecule has 5 nitrogen and oxygen atoms in total. The van der Waals surface area contributed by atoms with E-state index >= 15 is 0 Å². The Morgan fingerprint density at radius 1 is 1.33 bits per heavy atom. The summed E-state index contributed by atoms with van der Waals surface area (Å²) in [6.07, 6.45) is 3.07. The maximum atomic E-state index is 11.6. The Hall–Kier alpha value is -2.11. The van der Waals surface area contributed by atoms with E-state index in [-0.39, 0.29) is 6.61 Å².